The van der Waals surface area contributed by atoms with Crippen molar-refractivity contribution in [3.63, 3.8) is 0 Å². The zero-order valence-electron chi connectivity index (χ0n) is 12.7. The molecule has 23 heavy (non-hydrogen) atoms. The molecule has 0 radical (unpaired) electrons. The van der Waals surface area contributed by atoms with Crippen molar-refractivity contribution in [1.82, 2.24) is 10.6 Å². The summed E-state index contributed by atoms with van der Waals surface area (Å²) in [6, 6.07) is 13.3. The van der Waals surface area contributed by atoms with Gasteiger partial charge in [-0.2, -0.15) is 0 Å². The van der Waals surface area contributed by atoms with Gasteiger partial charge in [-0.15, -0.1) is 0 Å². The van der Waals surface area contributed by atoms with E-state index in [1.165, 1.54) is 6.07 Å². The predicted molar refractivity (Wildman–Crippen MR) is 86.6 cm³/mol. The van der Waals surface area contributed by atoms with Crippen LogP contribution in [0.4, 0.5) is 4.39 Å². The molecule has 0 aromatic heterocycles. The van der Waals surface area contributed by atoms with Crippen LogP contribution in [0, 0.1) is 5.82 Å². The van der Waals surface area contributed by atoms with E-state index >= 15 is 0 Å². The fraction of sp³-hybridized carbons (Fsp3) is 0.278. The summed E-state index contributed by atoms with van der Waals surface area (Å²) in [5.74, 6) is -0.685. The molecular weight excluding hydrogens is 295 g/mol. The van der Waals surface area contributed by atoms with Gasteiger partial charge in [0.1, 0.15) is 5.82 Å². The Hall–Kier alpha value is -2.24. The molecule has 4 nitrogen and oxygen atoms in total. The first-order valence-electron chi connectivity index (χ1n) is 7.64. The molecule has 2 aromatic carbocycles. The van der Waals surface area contributed by atoms with Crippen molar-refractivity contribution in [3.8, 4) is 11.1 Å². The maximum Gasteiger partial charge on any atom is 0.252 e. The van der Waals surface area contributed by atoms with Gasteiger partial charge in [-0.25, -0.2) is 4.39 Å². The van der Waals surface area contributed by atoms with Crippen molar-refractivity contribution in [2.75, 3.05) is 19.6 Å². The molecule has 0 saturated carbocycles. The second-order valence-electron chi connectivity index (χ2n) is 5.86. The number of hydrogen-bond acceptors (Lipinski definition) is 3. The van der Waals surface area contributed by atoms with Crippen LogP contribution < -0.4 is 10.6 Å². The predicted octanol–water partition coefficient (Wildman–Crippen LogP) is 1.95. The Bertz CT molecular complexity index is 712. The quantitative estimate of drug-likeness (QED) is 0.808. The number of β-amino-alcohol motifs (C(OH)–C–C–N with tert-alkyl or cyclic N) is 1. The van der Waals surface area contributed by atoms with E-state index in [1.807, 2.05) is 0 Å². The number of amides is 1. The Morgan fingerprint density at radius 3 is 2.57 bits per heavy atom. The van der Waals surface area contributed by atoms with Crippen molar-refractivity contribution in [2.24, 2.45) is 0 Å². The third kappa shape index (κ3) is 3.41. The van der Waals surface area contributed by atoms with Crippen LogP contribution in [-0.4, -0.2) is 36.2 Å². The molecule has 5 heteroatoms. The van der Waals surface area contributed by atoms with Gasteiger partial charge in [0.15, 0.2) is 0 Å². The monoisotopic (exact) mass is 314 g/mol. The van der Waals surface area contributed by atoms with Gasteiger partial charge in [-0.05, 0) is 30.7 Å². The number of nitrogens with one attached hydrogen (secondary N) is 2. The number of halogens is 1. The van der Waals surface area contributed by atoms with Gasteiger partial charge in [0.2, 0.25) is 0 Å². The highest BCUT2D eigenvalue weighted by Gasteiger charge is 2.31. The van der Waals surface area contributed by atoms with Gasteiger partial charge in [0, 0.05) is 24.2 Å². The average molecular weight is 314 g/mol. The first kappa shape index (κ1) is 15.6. The minimum Gasteiger partial charge on any atom is -0.387 e. The Balaban J connectivity index is 1.83. The minimum atomic E-state index is -0.914. The lowest BCUT2D eigenvalue weighted by Crippen LogP contribution is -2.44. The lowest BCUT2D eigenvalue weighted by molar-refractivity contribution is 0.0562. The van der Waals surface area contributed by atoms with Crippen LogP contribution in [0.1, 0.15) is 16.8 Å². The molecule has 1 amide bonds. The minimum absolute atomic E-state index is 0.171. The van der Waals surface area contributed by atoms with Gasteiger partial charge < -0.3 is 15.7 Å². The normalized spacial score (nSPS) is 20.4. The third-order valence-electron chi connectivity index (χ3n) is 4.13. The molecule has 2 aromatic rings. The molecule has 1 fully saturated rings. The van der Waals surface area contributed by atoms with Gasteiger partial charge >= 0.3 is 0 Å². The standard InChI is InChI=1S/C18H19FN2O2/c19-16-8-4-3-6-14(16)13-5-1-2-7-15(13)17(22)21-12-18(23)9-10-20-11-18/h1-8,20,23H,9-12H2,(H,21,22)/t18-/m1/s1. The van der Waals surface area contributed by atoms with Crippen molar-refractivity contribution in [1.29, 1.82) is 0 Å². The summed E-state index contributed by atoms with van der Waals surface area (Å²) >= 11 is 0. The summed E-state index contributed by atoms with van der Waals surface area (Å²) in [6.45, 7) is 1.37. The number of rotatable bonds is 4. The topological polar surface area (TPSA) is 61.4 Å². The number of aliphatic hydroxyl groups is 1. The maximum atomic E-state index is 14.0. The SMILES string of the molecule is O=C(NC[C@@]1(O)CCNC1)c1ccccc1-c1ccccc1F. The lowest BCUT2D eigenvalue weighted by atomic mass is 9.98. The van der Waals surface area contributed by atoms with E-state index in [4.69, 9.17) is 0 Å². The van der Waals surface area contributed by atoms with Crippen molar-refractivity contribution in [2.45, 2.75) is 12.0 Å². The van der Waals surface area contributed by atoms with Crippen LogP contribution in [0.25, 0.3) is 11.1 Å². The van der Waals surface area contributed by atoms with Crippen molar-refractivity contribution < 1.29 is 14.3 Å². The smallest absolute Gasteiger partial charge is 0.252 e. The highest BCUT2D eigenvalue weighted by Crippen LogP contribution is 2.26. The number of benzene rings is 2. The van der Waals surface area contributed by atoms with Crippen LogP contribution in [0.15, 0.2) is 48.5 Å². The first-order valence-corrected chi connectivity index (χ1v) is 7.64. The van der Waals surface area contributed by atoms with E-state index in [1.54, 1.807) is 42.5 Å². The van der Waals surface area contributed by atoms with Gasteiger partial charge in [-0.3, -0.25) is 4.79 Å². The summed E-state index contributed by atoms with van der Waals surface area (Å²) in [7, 11) is 0. The van der Waals surface area contributed by atoms with Crippen LogP contribution in [0.5, 0.6) is 0 Å². The van der Waals surface area contributed by atoms with E-state index in [9.17, 15) is 14.3 Å². The maximum absolute atomic E-state index is 14.0. The van der Waals surface area contributed by atoms with E-state index in [2.05, 4.69) is 10.6 Å². The Morgan fingerprint density at radius 2 is 1.87 bits per heavy atom. The summed E-state index contributed by atoms with van der Waals surface area (Å²) in [4.78, 5) is 12.5. The van der Waals surface area contributed by atoms with Crippen LogP contribution in [0.2, 0.25) is 0 Å². The number of carbonyl (C=O) groups excluding carboxylic acids is 1. The average Bonchev–Trinajstić information content (AvgIpc) is 3.00. The lowest BCUT2D eigenvalue weighted by Gasteiger charge is -2.22. The largest absolute Gasteiger partial charge is 0.387 e. The Labute approximate surface area is 134 Å². The molecule has 0 unspecified atom stereocenters. The van der Waals surface area contributed by atoms with E-state index in [0.717, 1.165) is 6.54 Å². The van der Waals surface area contributed by atoms with Gasteiger partial charge in [0.05, 0.1) is 5.60 Å². The Morgan fingerprint density at radius 1 is 1.17 bits per heavy atom. The van der Waals surface area contributed by atoms with Crippen molar-refractivity contribution in [3.05, 3.63) is 59.9 Å². The zero-order valence-corrected chi connectivity index (χ0v) is 12.7. The molecule has 120 valence electrons. The molecule has 0 spiro atoms. The van der Waals surface area contributed by atoms with Crippen LogP contribution >= 0.6 is 0 Å². The number of hydrogen-bond donors (Lipinski definition) is 3. The van der Waals surface area contributed by atoms with Gasteiger partial charge in [-0.1, -0.05) is 36.4 Å². The summed E-state index contributed by atoms with van der Waals surface area (Å²) in [6.07, 6.45) is 0.599. The molecule has 1 aliphatic heterocycles. The second kappa shape index (κ2) is 6.48. The van der Waals surface area contributed by atoms with E-state index < -0.39 is 5.60 Å². The molecule has 3 N–H and O–H groups in total. The zero-order chi connectivity index (χ0) is 16.3. The van der Waals surface area contributed by atoms with E-state index in [0.29, 0.717) is 29.7 Å². The van der Waals surface area contributed by atoms with Crippen LogP contribution in [-0.2, 0) is 0 Å². The van der Waals surface area contributed by atoms with E-state index in [-0.39, 0.29) is 18.3 Å². The molecule has 1 heterocycles. The highest BCUT2D eigenvalue weighted by molar-refractivity contribution is 6.00. The molecule has 1 atom stereocenters. The van der Waals surface area contributed by atoms with Gasteiger partial charge in [0.25, 0.3) is 5.91 Å². The Kier molecular flexibility index (Phi) is 4.41. The third-order valence-corrected chi connectivity index (χ3v) is 4.13. The summed E-state index contributed by atoms with van der Waals surface area (Å²) in [5.41, 5.74) is 0.411. The fourth-order valence-electron chi connectivity index (χ4n) is 2.82. The molecule has 1 aliphatic rings. The molecule has 1 saturated heterocycles. The van der Waals surface area contributed by atoms with Crippen molar-refractivity contribution >= 4 is 5.91 Å². The number of carbonyl (C=O) groups is 1. The summed E-state index contributed by atoms with van der Waals surface area (Å²) < 4.78 is 14.0. The van der Waals surface area contributed by atoms with Crippen LogP contribution in [0.3, 0.4) is 0 Å². The molecule has 0 aliphatic carbocycles. The molecule has 3 rings (SSSR count). The molecular formula is C18H19FN2O2. The second-order valence-corrected chi connectivity index (χ2v) is 5.86. The highest BCUT2D eigenvalue weighted by atomic mass is 19.1. The molecule has 0 bridgehead atoms. The first-order chi connectivity index (χ1) is 11.1. The fourth-order valence-corrected chi connectivity index (χ4v) is 2.82. The summed E-state index contributed by atoms with van der Waals surface area (Å²) in [5, 5.41) is 16.1.